The van der Waals surface area contributed by atoms with E-state index in [2.05, 4.69) is 57.2 Å². The molecular weight excluding hydrogens is 636 g/mol. The molecule has 0 saturated heterocycles. The zero-order valence-corrected chi connectivity index (χ0v) is 31.5. The van der Waals surface area contributed by atoms with Crippen LogP contribution in [0.15, 0.2) is 36.4 Å². The Bertz CT molecular complexity index is 1430. The van der Waals surface area contributed by atoms with Crippen LogP contribution in [0.3, 0.4) is 0 Å². The number of rotatable bonds is 17. The zero-order valence-electron chi connectivity index (χ0n) is 31.5. The number of phenols is 3. The van der Waals surface area contributed by atoms with Crippen molar-refractivity contribution in [3.05, 3.63) is 86.5 Å². The lowest BCUT2D eigenvalue weighted by Crippen LogP contribution is -2.40. The van der Waals surface area contributed by atoms with Crippen LogP contribution in [-0.4, -0.2) is 58.0 Å². The third kappa shape index (κ3) is 8.14. The highest BCUT2D eigenvalue weighted by atomic mass is 16.5. The highest BCUT2D eigenvalue weighted by Gasteiger charge is 2.44. The van der Waals surface area contributed by atoms with Crippen molar-refractivity contribution < 1.29 is 43.7 Å². The summed E-state index contributed by atoms with van der Waals surface area (Å²) in [6.07, 6.45) is 3.90. The molecule has 3 aromatic carbocycles. The molecule has 1 fully saturated rings. The fourth-order valence-corrected chi connectivity index (χ4v) is 8.11. The van der Waals surface area contributed by atoms with E-state index < -0.39 is 5.41 Å². The highest BCUT2D eigenvalue weighted by Crippen LogP contribution is 2.52. The number of methoxy groups -OCH3 is 6. The first-order valence-electron chi connectivity index (χ1n) is 17.4. The minimum atomic E-state index is -0.512. The van der Waals surface area contributed by atoms with E-state index in [1.165, 1.54) is 5.56 Å². The largest absolute Gasteiger partial charge is 0.507 e. The average Bonchev–Trinajstić information content (AvgIpc) is 3.10. The van der Waals surface area contributed by atoms with Crippen LogP contribution in [0.2, 0.25) is 0 Å². The van der Waals surface area contributed by atoms with E-state index in [-0.39, 0.29) is 55.0 Å². The van der Waals surface area contributed by atoms with Crippen molar-refractivity contribution in [1.29, 1.82) is 0 Å². The second kappa shape index (κ2) is 17.4. The van der Waals surface area contributed by atoms with Gasteiger partial charge in [0.2, 0.25) is 0 Å². The average molecular weight is 695 g/mol. The lowest BCUT2D eigenvalue weighted by molar-refractivity contribution is 0.153. The SMILES string of the molecule is COCc1cc(C(C)(C)C2CCC(C(C)(c3cc(COC)c(O)c(COC)c3)c3cc(COC)c(O)c(COC)c3)CC2)cc(COC)c1O. The summed E-state index contributed by atoms with van der Waals surface area (Å²) in [4.78, 5) is 0. The molecule has 1 saturated carbocycles. The van der Waals surface area contributed by atoms with Gasteiger partial charge in [-0.2, -0.15) is 0 Å². The van der Waals surface area contributed by atoms with Crippen molar-refractivity contribution in [3.8, 4) is 17.2 Å². The molecule has 1 aliphatic carbocycles. The zero-order chi connectivity index (χ0) is 36.6. The van der Waals surface area contributed by atoms with Crippen molar-refractivity contribution in [1.82, 2.24) is 0 Å². The van der Waals surface area contributed by atoms with Crippen molar-refractivity contribution in [3.63, 3.8) is 0 Å². The molecule has 3 aromatic rings. The Hall–Kier alpha value is -3.18. The minimum absolute atomic E-state index is 0.175. The van der Waals surface area contributed by atoms with Gasteiger partial charge in [0, 0.05) is 81.5 Å². The molecule has 4 rings (SSSR count). The third-order valence-electron chi connectivity index (χ3n) is 11.1. The van der Waals surface area contributed by atoms with E-state index >= 15 is 0 Å². The predicted molar refractivity (Wildman–Crippen MR) is 194 cm³/mol. The van der Waals surface area contributed by atoms with E-state index in [1.54, 1.807) is 42.7 Å². The maximum Gasteiger partial charge on any atom is 0.126 e. The maximum absolute atomic E-state index is 11.2. The molecule has 0 atom stereocenters. The van der Waals surface area contributed by atoms with Crippen LogP contribution in [-0.2, 0) is 78.9 Å². The third-order valence-corrected chi connectivity index (χ3v) is 11.1. The summed E-state index contributed by atoms with van der Waals surface area (Å²) in [6.45, 7) is 8.58. The van der Waals surface area contributed by atoms with Gasteiger partial charge in [-0.25, -0.2) is 0 Å². The van der Waals surface area contributed by atoms with Gasteiger partial charge < -0.3 is 43.7 Å². The van der Waals surface area contributed by atoms with Crippen LogP contribution >= 0.6 is 0 Å². The molecule has 3 N–H and O–H groups in total. The summed E-state index contributed by atoms with van der Waals surface area (Å²) in [6, 6.07) is 12.4. The number of ether oxygens (including phenoxy) is 6. The number of aromatic hydroxyl groups is 3. The van der Waals surface area contributed by atoms with Crippen LogP contribution in [0.1, 0.15) is 96.5 Å². The first-order valence-corrected chi connectivity index (χ1v) is 17.4. The molecule has 0 aromatic heterocycles. The number of hydrogen-bond donors (Lipinski definition) is 3. The number of phenolic OH excluding ortho intramolecular Hbond substituents is 3. The maximum atomic E-state index is 11.2. The molecule has 9 heteroatoms. The summed E-state index contributed by atoms with van der Waals surface area (Å²) < 4.78 is 33.0. The van der Waals surface area contributed by atoms with E-state index in [1.807, 2.05) is 0 Å². The Balaban J connectivity index is 1.82. The second-order valence-corrected chi connectivity index (χ2v) is 14.5. The van der Waals surface area contributed by atoms with Crippen LogP contribution in [0.5, 0.6) is 17.2 Å². The number of benzene rings is 3. The van der Waals surface area contributed by atoms with Gasteiger partial charge in [-0.15, -0.1) is 0 Å². The topological polar surface area (TPSA) is 116 Å². The standard InChI is InChI=1S/C41H58O9/c1-40(2,34-14-26(20-45-4)37(42)27(15-34)21-46-5)32-10-12-33(13-11-32)41(3,35-16-28(22-47-6)38(43)29(17-35)23-48-7)36-18-30(24-49-8)39(44)31(19-36)25-50-9/h14-19,32-33,42-44H,10-13,20-25H2,1-9H3. The Labute approximate surface area is 298 Å². The van der Waals surface area contributed by atoms with Crippen molar-refractivity contribution in [2.75, 3.05) is 42.7 Å². The van der Waals surface area contributed by atoms with Crippen molar-refractivity contribution in [2.45, 2.75) is 96.9 Å². The predicted octanol–water partition coefficient (Wildman–Crippen LogP) is 7.77. The Kier molecular flexibility index (Phi) is 13.7. The van der Waals surface area contributed by atoms with Crippen molar-refractivity contribution >= 4 is 0 Å². The molecule has 276 valence electrons. The molecule has 0 radical (unpaired) electrons. The second-order valence-electron chi connectivity index (χ2n) is 14.5. The van der Waals surface area contributed by atoms with Gasteiger partial charge in [0.25, 0.3) is 0 Å². The Morgan fingerprint density at radius 2 is 0.680 bits per heavy atom. The van der Waals surface area contributed by atoms with Crippen molar-refractivity contribution in [2.24, 2.45) is 11.8 Å². The monoisotopic (exact) mass is 694 g/mol. The smallest absolute Gasteiger partial charge is 0.126 e. The van der Waals surface area contributed by atoms with Gasteiger partial charge in [0.05, 0.1) is 39.6 Å². The van der Waals surface area contributed by atoms with Gasteiger partial charge in [-0.3, -0.25) is 0 Å². The molecule has 0 bridgehead atoms. The quantitative estimate of drug-likeness (QED) is 0.130. The summed E-state index contributed by atoms with van der Waals surface area (Å²) in [5.74, 6) is 1.22. The molecular formula is C41H58O9. The van der Waals surface area contributed by atoms with Crippen LogP contribution in [0.25, 0.3) is 0 Å². The number of hydrogen-bond acceptors (Lipinski definition) is 9. The Morgan fingerprint density at radius 3 is 0.940 bits per heavy atom. The summed E-state index contributed by atoms with van der Waals surface area (Å²) in [5, 5.41) is 33.3. The Morgan fingerprint density at radius 1 is 0.440 bits per heavy atom. The van der Waals surface area contributed by atoms with Gasteiger partial charge >= 0.3 is 0 Å². The van der Waals surface area contributed by atoms with Crippen LogP contribution in [0.4, 0.5) is 0 Å². The lowest BCUT2D eigenvalue weighted by atomic mass is 9.57. The highest BCUT2D eigenvalue weighted by molar-refractivity contribution is 5.53. The van der Waals surface area contributed by atoms with Crippen LogP contribution in [0, 0.1) is 11.8 Å². The summed E-state index contributed by atoms with van der Waals surface area (Å²) >= 11 is 0. The van der Waals surface area contributed by atoms with E-state index in [9.17, 15) is 15.3 Å². The minimum Gasteiger partial charge on any atom is -0.507 e. The molecule has 0 heterocycles. The molecule has 0 aliphatic heterocycles. The van der Waals surface area contributed by atoms with Gasteiger partial charge in [-0.05, 0) is 96.0 Å². The first-order chi connectivity index (χ1) is 23.9. The fraction of sp³-hybridized carbons (Fsp3) is 0.561. The van der Waals surface area contributed by atoms with Gasteiger partial charge in [-0.1, -0.05) is 20.8 Å². The molecule has 0 unspecified atom stereocenters. The van der Waals surface area contributed by atoms with E-state index in [0.29, 0.717) is 41.4 Å². The molecule has 0 spiro atoms. The molecule has 9 nitrogen and oxygen atoms in total. The van der Waals surface area contributed by atoms with E-state index in [4.69, 9.17) is 28.4 Å². The first kappa shape index (κ1) is 39.6. The summed E-state index contributed by atoms with van der Waals surface area (Å²) in [5.41, 5.74) is 6.95. The van der Waals surface area contributed by atoms with Gasteiger partial charge in [0.15, 0.2) is 0 Å². The fourth-order valence-electron chi connectivity index (χ4n) is 8.11. The lowest BCUT2D eigenvalue weighted by Gasteiger charge is -2.46. The summed E-state index contributed by atoms with van der Waals surface area (Å²) in [7, 11) is 9.79. The molecule has 0 amide bonds. The van der Waals surface area contributed by atoms with Crippen LogP contribution < -0.4 is 0 Å². The molecule has 1 aliphatic rings. The van der Waals surface area contributed by atoms with E-state index in [0.717, 1.165) is 47.9 Å². The van der Waals surface area contributed by atoms with Gasteiger partial charge in [0.1, 0.15) is 17.2 Å². The normalized spacial score (nSPS) is 17.0. The molecule has 50 heavy (non-hydrogen) atoms.